The van der Waals surface area contributed by atoms with Crippen molar-refractivity contribution in [2.45, 2.75) is 19.9 Å². The zero-order valence-corrected chi connectivity index (χ0v) is 10.4. The summed E-state index contributed by atoms with van der Waals surface area (Å²) in [4.78, 5) is 0. The summed E-state index contributed by atoms with van der Waals surface area (Å²) in [5.74, 6) is 1.18. The summed E-state index contributed by atoms with van der Waals surface area (Å²) in [6.07, 6.45) is 4.50. The van der Waals surface area contributed by atoms with E-state index in [0.29, 0.717) is 28.2 Å². The van der Waals surface area contributed by atoms with Gasteiger partial charge in [0.2, 0.25) is 0 Å². The molecule has 19 heavy (non-hydrogen) atoms. The third kappa shape index (κ3) is 2.10. The minimum atomic E-state index is 0.499. The number of hydrogen-bond acceptors (Lipinski definition) is 6. The Morgan fingerprint density at radius 1 is 1.32 bits per heavy atom. The van der Waals surface area contributed by atoms with Gasteiger partial charge >= 0.3 is 0 Å². The normalized spacial score (nSPS) is 11.0. The molecule has 0 saturated carbocycles. The Hall–Kier alpha value is -2.57. The summed E-state index contributed by atoms with van der Waals surface area (Å²) in [6, 6.07) is 3.44. The maximum atomic E-state index is 5.77. The second-order valence-corrected chi connectivity index (χ2v) is 4.16. The van der Waals surface area contributed by atoms with Crippen LogP contribution in [0.15, 0.2) is 29.2 Å². The number of nitrogens with two attached hydrogens (primary N) is 1. The number of anilines is 1. The van der Waals surface area contributed by atoms with Gasteiger partial charge in [0, 0.05) is 6.54 Å². The molecule has 98 valence electrons. The predicted molar refractivity (Wildman–Crippen MR) is 68.8 cm³/mol. The summed E-state index contributed by atoms with van der Waals surface area (Å²) in [6.45, 7) is 2.94. The van der Waals surface area contributed by atoms with Crippen molar-refractivity contribution in [2.24, 2.45) is 0 Å². The molecule has 0 radical (unpaired) electrons. The van der Waals surface area contributed by atoms with Gasteiger partial charge in [0.25, 0.3) is 0 Å². The fraction of sp³-hybridized carbons (Fsp3) is 0.250. The van der Waals surface area contributed by atoms with Crippen molar-refractivity contribution in [1.29, 1.82) is 0 Å². The van der Waals surface area contributed by atoms with Crippen LogP contribution in [0.1, 0.15) is 13.3 Å². The van der Waals surface area contributed by atoms with Crippen LogP contribution in [0.2, 0.25) is 0 Å². The highest BCUT2D eigenvalue weighted by Crippen LogP contribution is 2.30. The van der Waals surface area contributed by atoms with Crippen molar-refractivity contribution in [2.75, 3.05) is 5.73 Å². The van der Waals surface area contributed by atoms with Crippen LogP contribution in [0.3, 0.4) is 0 Å². The molecule has 0 atom stereocenters. The predicted octanol–water partition coefficient (Wildman–Crippen LogP) is 2.20. The van der Waals surface area contributed by atoms with Crippen molar-refractivity contribution in [1.82, 2.24) is 20.1 Å². The van der Waals surface area contributed by atoms with Crippen LogP contribution in [0.4, 0.5) is 5.69 Å². The first kappa shape index (κ1) is 11.5. The second-order valence-electron chi connectivity index (χ2n) is 4.16. The van der Waals surface area contributed by atoms with E-state index >= 15 is 0 Å². The zero-order chi connectivity index (χ0) is 13.2. The molecule has 3 rings (SSSR count). The molecule has 3 aromatic rings. The first-order valence-corrected chi connectivity index (χ1v) is 5.99. The minimum absolute atomic E-state index is 0.499. The minimum Gasteiger partial charge on any atom is -0.452 e. The van der Waals surface area contributed by atoms with Gasteiger partial charge in [0.1, 0.15) is 0 Å². The van der Waals surface area contributed by atoms with E-state index < -0.39 is 0 Å². The molecule has 7 nitrogen and oxygen atoms in total. The van der Waals surface area contributed by atoms with E-state index in [2.05, 4.69) is 27.0 Å². The molecule has 2 heterocycles. The molecule has 0 unspecified atom stereocenters. The average Bonchev–Trinajstić information content (AvgIpc) is 3.03. The lowest BCUT2D eigenvalue weighted by molar-refractivity contribution is 0.314. The number of benzene rings is 1. The van der Waals surface area contributed by atoms with Gasteiger partial charge in [-0.15, -0.1) is 0 Å². The van der Waals surface area contributed by atoms with Gasteiger partial charge in [-0.1, -0.05) is 6.92 Å². The monoisotopic (exact) mass is 259 g/mol. The van der Waals surface area contributed by atoms with Crippen LogP contribution < -0.4 is 10.5 Å². The van der Waals surface area contributed by atoms with Gasteiger partial charge in [-0.05, 0) is 28.9 Å². The summed E-state index contributed by atoms with van der Waals surface area (Å²) < 4.78 is 12.2. The molecule has 0 bridgehead atoms. The van der Waals surface area contributed by atoms with Gasteiger partial charge in [-0.3, -0.25) is 4.68 Å². The number of fused-ring (bicyclic) bond motifs is 1. The fourth-order valence-electron chi connectivity index (χ4n) is 1.82. The van der Waals surface area contributed by atoms with Crippen molar-refractivity contribution in [3.05, 3.63) is 24.5 Å². The number of nitrogen functional groups attached to an aromatic ring is 1. The topological polar surface area (TPSA) is 92.0 Å². The largest absolute Gasteiger partial charge is 0.452 e. The van der Waals surface area contributed by atoms with E-state index in [-0.39, 0.29) is 0 Å². The number of hydrogen-bond donors (Lipinski definition) is 1. The van der Waals surface area contributed by atoms with E-state index in [4.69, 9.17) is 10.5 Å². The number of ether oxygens (including phenoxy) is 1. The van der Waals surface area contributed by atoms with E-state index in [1.807, 2.05) is 10.9 Å². The second kappa shape index (κ2) is 4.60. The standard InChI is InChI=1S/C12H13N5O2/c1-2-5-17-7-8(6-14-17)18-10-4-3-9(13)11-12(10)16-19-15-11/h3-4,6-7H,2,5,13H2,1H3. The van der Waals surface area contributed by atoms with Gasteiger partial charge in [-0.25, -0.2) is 4.63 Å². The molecule has 2 aromatic heterocycles. The molecule has 0 aliphatic rings. The van der Waals surface area contributed by atoms with Gasteiger partial charge < -0.3 is 10.5 Å². The Bertz CT molecular complexity index is 703. The van der Waals surface area contributed by atoms with Crippen LogP contribution in [0.25, 0.3) is 11.0 Å². The maximum absolute atomic E-state index is 5.77. The summed E-state index contributed by atoms with van der Waals surface area (Å²) in [5.41, 5.74) is 7.28. The number of nitrogens with zero attached hydrogens (tertiary/aromatic N) is 4. The van der Waals surface area contributed by atoms with E-state index in [1.165, 1.54) is 0 Å². The SMILES string of the molecule is CCCn1cc(Oc2ccc(N)c3nonc23)cn1. The first-order valence-electron chi connectivity index (χ1n) is 5.99. The Morgan fingerprint density at radius 2 is 2.16 bits per heavy atom. The molecule has 1 aromatic carbocycles. The lowest BCUT2D eigenvalue weighted by Gasteiger charge is -2.03. The smallest absolute Gasteiger partial charge is 0.179 e. The lowest BCUT2D eigenvalue weighted by atomic mass is 10.2. The Kier molecular flexibility index (Phi) is 2.79. The van der Waals surface area contributed by atoms with Gasteiger partial charge in [0.05, 0.1) is 18.1 Å². The van der Waals surface area contributed by atoms with Crippen LogP contribution in [-0.4, -0.2) is 20.1 Å². The van der Waals surface area contributed by atoms with E-state index in [1.54, 1.807) is 18.3 Å². The van der Waals surface area contributed by atoms with E-state index in [9.17, 15) is 0 Å². The molecule has 0 spiro atoms. The first-order chi connectivity index (χ1) is 9.28. The third-order valence-electron chi connectivity index (χ3n) is 2.70. The number of aryl methyl sites for hydroxylation is 1. The van der Waals surface area contributed by atoms with Crippen molar-refractivity contribution < 1.29 is 9.37 Å². The van der Waals surface area contributed by atoms with Crippen LogP contribution in [-0.2, 0) is 6.54 Å². The number of aromatic nitrogens is 4. The Balaban J connectivity index is 1.92. The highest BCUT2D eigenvalue weighted by molar-refractivity contribution is 5.90. The van der Waals surface area contributed by atoms with Crippen molar-refractivity contribution in [3.8, 4) is 11.5 Å². The quantitative estimate of drug-likeness (QED) is 0.722. The Morgan fingerprint density at radius 3 is 3.00 bits per heavy atom. The Labute approximate surface area is 108 Å². The van der Waals surface area contributed by atoms with E-state index in [0.717, 1.165) is 13.0 Å². The van der Waals surface area contributed by atoms with Gasteiger partial charge in [0.15, 0.2) is 22.5 Å². The van der Waals surface area contributed by atoms with Gasteiger partial charge in [-0.2, -0.15) is 5.10 Å². The fourth-order valence-corrected chi connectivity index (χ4v) is 1.82. The summed E-state index contributed by atoms with van der Waals surface area (Å²) >= 11 is 0. The van der Waals surface area contributed by atoms with Crippen LogP contribution in [0.5, 0.6) is 11.5 Å². The molecule has 0 aliphatic heterocycles. The molecule has 0 saturated heterocycles. The summed E-state index contributed by atoms with van der Waals surface area (Å²) in [5, 5.41) is 11.7. The average molecular weight is 259 g/mol. The highest BCUT2D eigenvalue weighted by Gasteiger charge is 2.12. The van der Waals surface area contributed by atoms with Crippen molar-refractivity contribution >= 4 is 16.7 Å². The van der Waals surface area contributed by atoms with Crippen LogP contribution in [0, 0.1) is 0 Å². The molecule has 7 heteroatoms. The van der Waals surface area contributed by atoms with Crippen molar-refractivity contribution in [3.63, 3.8) is 0 Å². The molecular formula is C12H13N5O2. The van der Waals surface area contributed by atoms with Crippen LogP contribution >= 0.6 is 0 Å². The molecule has 0 aliphatic carbocycles. The highest BCUT2D eigenvalue weighted by atomic mass is 16.6. The zero-order valence-electron chi connectivity index (χ0n) is 10.4. The number of rotatable bonds is 4. The maximum Gasteiger partial charge on any atom is 0.179 e. The molecular weight excluding hydrogens is 246 g/mol. The summed E-state index contributed by atoms with van der Waals surface area (Å²) in [7, 11) is 0. The third-order valence-corrected chi connectivity index (χ3v) is 2.70. The lowest BCUT2D eigenvalue weighted by Crippen LogP contribution is -1.95. The molecule has 0 amide bonds. The molecule has 0 fully saturated rings. The molecule has 2 N–H and O–H groups in total.